The summed E-state index contributed by atoms with van der Waals surface area (Å²) in [6.45, 7) is 0.281. The van der Waals surface area contributed by atoms with Crippen molar-refractivity contribution in [1.82, 2.24) is 24.3 Å². The SMILES string of the molecule is CO/N=C(\C(=O)N[C@@H]1C(=O)N2C(C(=O)[O-])=C(C[n+]3cc4ccsc4n3C)CS[C@H]12)c1nsc(N)n1. The zero-order valence-corrected chi connectivity index (χ0v) is 20.8. The van der Waals surface area contributed by atoms with E-state index in [1.807, 2.05) is 34.1 Å². The Kier molecular flexibility index (Phi) is 5.94. The van der Waals surface area contributed by atoms with Crippen molar-refractivity contribution < 1.29 is 29.0 Å². The van der Waals surface area contributed by atoms with E-state index >= 15 is 0 Å². The number of nitrogens with one attached hydrogen (secondary N) is 1. The van der Waals surface area contributed by atoms with E-state index in [9.17, 15) is 19.5 Å². The molecule has 3 aromatic heterocycles. The van der Waals surface area contributed by atoms with E-state index in [1.165, 1.54) is 23.8 Å². The fraction of sp³-hybridized carbons (Fsp3) is 0.316. The lowest BCUT2D eigenvalue weighted by Gasteiger charge is -2.50. The van der Waals surface area contributed by atoms with Gasteiger partial charge in [0, 0.05) is 22.9 Å². The van der Waals surface area contributed by atoms with Gasteiger partial charge >= 0.3 is 0 Å². The molecule has 3 aromatic rings. The molecule has 0 unspecified atom stereocenters. The largest absolute Gasteiger partial charge is 0.543 e. The van der Waals surface area contributed by atoms with Crippen LogP contribution in [-0.2, 0) is 32.8 Å². The predicted octanol–water partition coefficient (Wildman–Crippen LogP) is -1.58. The van der Waals surface area contributed by atoms with Crippen LogP contribution >= 0.6 is 34.6 Å². The van der Waals surface area contributed by atoms with Crippen molar-refractivity contribution in [3.8, 4) is 0 Å². The fourth-order valence-corrected chi connectivity index (χ4v) is 6.62. The minimum Gasteiger partial charge on any atom is -0.543 e. The minimum absolute atomic E-state index is 0.0381. The summed E-state index contributed by atoms with van der Waals surface area (Å²) in [5, 5.41) is 20.9. The quantitative estimate of drug-likeness (QED) is 0.157. The molecule has 2 aliphatic rings. The number of aryl methyl sites for hydroxylation is 1. The van der Waals surface area contributed by atoms with Gasteiger partial charge < -0.3 is 25.8 Å². The maximum Gasteiger partial charge on any atom is 0.278 e. The van der Waals surface area contributed by atoms with Crippen molar-refractivity contribution in [2.24, 2.45) is 12.2 Å². The van der Waals surface area contributed by atoms with Crippen molar-refractivity contribution in [2.75, 3.05) is 18.6 Å². The van der Waals surface area contributed by atoms with Crippen molar-refractivity contribution >= 4 is 73.5 Å². The number of anilines is 1. The van der Waals surface area contributed by atoms with E-state index in [0.29, 0.717) is 11.3 Å². The molecule has 182 valence electrons. The van der Waals surface area contributed by atoms with Gasteiger partial charge in [-0.1, -0.05) is 5.16 Å². The first-order valence-electron chi connectivity index (χ1n) is 10.1. The minimum atomic E-state index is -1.44. The number of oxime groups is 1. The molecule has 2 aliphatic heterocycles. The van der Waals surface area contributed by atoms with Crippen molar-refractivity contribution in [2.45, 2.75) is 18.0 Å². The van der Waals surface area contributed by atoms with Crippen LogP contribution in [0.15, 0.2) is 34.1 Å². The summed E-state index contributed by atoms with van der Waals surface area (Å²) in [4.78, 5) is 48.7. The molecule has 2 amide bonds. The lowest BCUT2D eigenvalue weighted by Crippen LogP contribution is -2.71. The highest BCUT2D eigenvalue weighted by molar-refractivity contribution is 8.00. The van der Waals surface area contributed by atoms with Gasteiger partial charge in [0.1, 0.15) is 18.5 Å². The number of carboxylic acids is 1. The van der Waals surface area contributed by atoms with Gasteiger partial charge in [-0.15, -0.1) is 32.5 Å². The molecule has 5 heterocycles. The van der Waals surface area contributed by atoms with Crippen molar-refractivity contribution in [1.29, 1.82) is 0 Å². The molecule has 35 heavy (non-hydrogen) atoms. The number of thiophene rings is 1. The van der Waals surface area contributed by atoms with Gasteiger partial charge in [-0.05, 0) is 11.4 Å². The summed E-state index contributed by atoms with van der Waals surface area (Å²) in [6, 6.07) is 1.02. The maximum absolute atomic E-state index is 13.0. The number of hydrogen-bond donors (Lipinski definition) is 2. The van der Waals surface area contributed by atoms with Gasteiger partial charge in [0.2, 0.25) is 17.7 Å². The topological polar surface area (TPSA) is 172 Å². The number of β-lactam (4-membered cyclic amide) rings is 1. The number of rotatable bonds is 7. The van der Waals surface area contributed by atoms with Gasteiger partial charge in [-0.3, -0.25) is 14.5 Å². The standard InChI is InChI=1S/C19H18N8O5S3/c1-25-16-8(3-4-33-16)5-26(25)6-9-7-34-17-11(15(29)27(17)12(9)18(30)31)21-14(28)10(23-32-2)13-22-19(20)35-24-13/h3-5,11,17H,6-7H2,1-2H3,(H3-,20,21,22,24,28,30,31)/b23-10-/t11-,17-/m1/s1. The van der Waals surface area contributed by atoms with Crippen LogP contribution in [0.1, 0.15) is 5.82 Å². The number of hydrogen-bond acceptors (Lipinski definition) is 12. The number of aromatic nitrogens is 4. The number of amides is 2. The van der Waals surface area contributed by atoms with E-state index in [4.69, 9.17) is 10.6 Å². The molecule has 0 aliphatic carbocycles. The highest BCUT2D eigenvalue weighted by atomic mass is 32.2. The first-order valence-corrected chi connectivity index (χ1v) is 12.8. The summed E-state index contributed by atoms with van der Waals surface area (Å²) in [6.07, 6.45) is 1.93. The molecule has 0 radical (unpaired) electrons. The first kappa shape index (κ1) is 23.3. The number of carbonyl (C=O) groups is 3. The van der Waals surface area contributed by atoms with E-state index in [0.717, 1.165) is 21.7 Å². The zero-order valence-electron chi connectivity index (χ0n) is 18.3. The lowest BCUT2D eigenvalue weighted by atomic mass is 10.0. The fourth-order valence-electron chi connectivity index (χ4n) is 3.99. The van der Waals surface area contributed by atoms with Crippen LogP contribution in [0, 0.1) is 0 Å². The molecular weight excluding hydrogens is 516 g/mol. The van der Waals surface area contributed by atoms with Gasteiger partial charge in [0.15, 0.2) is 16.5 Å². The Balaban J connectivity index is 1.37. The van der Waals surface area contributed by atoms with Gasteiger partial charge in [0.05, 0.1) is 24.1 Å². The van der Waals surface area contributed by atoms with Gasteiger partial charge in [-0.25, -0.2) is 0 Å². The second-order valence-electron chi connectivity index (χ2n) is 7.61. The second-order valence-corrected chi connectivity index (χ2v) is 10.4. The third-order valence-corrected chi connectivity index (χ3v) is 8.45. The third-order valence-electron chi connectivity index (χ3n) is 5.57. The van der Waals surface area contributed by atoms with Crippen LogP contribution in [0.5, 0.6) is 0 Å². The first-order chi connectivity index (χ1) is 16.8. The Bertz CT molecular complexity index is 1420. The molecule has 0 spiro atoms. The molecule has 3 N–H and O–H groups in total. The average molecular weight is 535 g/mol. The normalized spacial score (nSPS) is 20.1. The number of nitrogen functional groups attached to an aromatic ring is 1. The van der Waals surface area contributed by atoms with Crippen LogP contribution in [0.25, 0.3) is 10.2 Å². The number of nitrogens with zero attached hydrogens (tertiary/aromatic N) is 6. The number of aliphatic carboxylic acids is 1. The molecule has 0 saturated carbocycles. The lowest BCUT2D eigenvalue weighted by molar-refractivity contribution is -0.764. The monoisotopic (exact) mass is 534 g/mol. The molecule has 1 saturated heterocycles. The summed E-state index contributed by atoms with van der Waals surface area (Å²) < 4.78 is 7.78. The van der Waals surface area contributed by atoms with Crippen LogP contribution in [0.4, 0.5) is 5.13 Å². The number of nitrogens with two attached hydrogens (primary N) is 1. The highest BCUT2D eigenvalue weighted by Crippen LogP contribution is 2.40. The van der Waals surface area contributed by atoms with Crippen LogP contribution in [0.3, 0.4) is 0 Å². The summed E-state index contributed by atoms with van der Waals surface area (Å²) in [7, 11) is 3.14. The number of carboxylic acid groups (broad SMARTS) is 1. The van der Waals surface area contributed by atoms with Gasteiger partial charge in [0.25, 0.3) is 11.8 Å². The molecule has 0 aromatic carbocycles. The van der Waals surface area contributed by atoms with Crippen molar-refractivity contribution in [3.63, 3.8) is 0 Å². The van der Waals surface area contributed by atoms with Crippen molar-refractivity contribution in [3.05, 3.63) is 34.7 Å². The van der Waals surface area contributed by atoms with Crippen LogP contribution in [0.2, 0.25) is 0 Å². The van der Waals surface area contributed by atoms with Crippen LogP contribution < -0.4 is 20.8 Å². The molecule has 13 nitrogen and oxygen atoms in total. The zero-order chi connectivity index (χ0) is 24.9. The predicted molar refractivity (Wildman–Crippen MR) is 126 cm³/mol. The highest BCUT2D eigenvalue weighted by Gasteiger charge is 2.53. The average Bonchev–Trinajstić information content (AvgIpc) is 3.54. The maximum atomic E-state index is 13.0. The third kappa shape index (κ3) is 3.92. The molecule has 2 atom stereocenters. The molecule has 5 rings (SSSR count). The Labute approximate surface area is 210 Å². The Morgan fingerprint density at radius 1 is 1.46 bits per heavy atom. The second kappa shape index (κ2) is 8.94. The van der Waals surface area contributed by atoms with Crippen LogP contribution in [-0.4, -0.2) is 66.7 Å². The molecule has 16 heteroatoms. The van der Waals surface area contributed by atoms with E-state index in [2.05, 4.69) is 19.8 Å². The molecule has 1 fully saturated rings. The Morgan fingerprint density at radius 3 is 2.91 bits per heavy atom. The van der Waals surface area contributed by atoms with E-state index < -0.39 is 29.2 Å². The summed E-state index contributed by atoms with van der Waals surface area (Å²) >= 11 is 3.82. The van der Waals surface area contributed by atoms with Gasteiger partial charge in [-0.2, -0.15) is 9.36 Å². The summed E-state index contributed by atoms with van der Waals surface area (Å²) in [5.74, 6) is -2.44. The Morgan fingerprint density at radius 2 is 2.26 bits per heavy atom. The molecular formula is C19H18N8O5S3. The number of carbonyl (C=O) groups excluding carboxylic acids is 3. The summed E-state index contributed by atoms with van der Waals surface area (Å²) in [5.41, 5.74) is 5.72. The molecule has 0 bridgehead atoms. The number of thioether (sulfide) groups is 1. The smallest absolute Gasteiger partial charge is 0.278 e. The number of fused-ring (bicyclic) bond motifs is 2. The Hall–Kier alpha value is -3.50. The van der Waals surface area contributed by atoms with E-state index in [1.54, 1.807) is 11.3 Å². The van der Waals surface area contributed by atoms with E-state index in [-0.39, 0.29) is 28.9 Å².